The van der Waals surface area contributed by atoms with Crippen LogP contribution >= 0.6 is 0 Å². The lowest BCUT2D eigenvalue weighted by Gasteiger charge is -2.19. The molecular weight excluding hydrogens is 366 g/mol. The molecule has 2 aromatic carbocycles. The van der Waals surface area contributed by atoms with Crippen LogP contribution < -0.4 is 10.0 Å². The number of nitrogens with zero attached hydrogens (tertiary/aromatic N) is 1. The fourth-order valence-corrected chi connectivity index (χ4v) is 3.17. The van der Waals surface area contributed by atoms with Crippen molar-refractivity contribution in [1.82, 2.24) is 4.90 Å². The maximum absolute atomic E-state index is 12.6. The number of benzene rings is 2. The van der Waals surface area contributed by atoms with Crippen LogP contribution in [-0.4, -0.2) is 44.5 Å². The number of hydrogen-bond donors (Lipinski definition) is 2. The number of para-hydroxylation sites is 1. The third kappa shape index (κ3) is 5.55. The first-order valence-electron chi connectivity index (χ1n) is 8.52. The molecule has 0 radical (unpaired) electrons. The van der Waals surface area contributed by atoms with Crippen LogP contribution in [-0.2, 0) is 10.0 Å². The van der Waals surface area contributed by atoms with Crippen LogP contribution in [0.3, 0.4) is 0 Å². The second-order valence-corrected chi connectivity index (χ2v) is 7.68. The lowest BCUT2D eigenvalue weighted by Crippen LogP contribution is -2.30. The first-order chi connectivity index (χ1) is 12.7. The van der Waals surface area contributed by atoms with Crippen LogP contribution in [0.1, 0.15) is 34.6 Å². The Balaban J connectivity index is 2.25. The van der Waals surface area contributed by atoms with Gasteiger partial charge in [0.2, 0.25) is 10.0 Å². The average Bonchev–Trinajstić information content (AvgIpc) is 2.62. The molecule has 0 heterocycles. The minimum atomic E-state index is -3.52. The van der Waals surface area contributed by atoms with Crippen molar-refractivity contribution in [3.05, 3.63) is 59.7 Å². The summed E-state index contributed by atoms with van der Waals surface area (Å²) in [6, 6.07) is 13.0. The van der Waals surface area contributed by atoms with Crippen molar-refractivity contribution in [2.45, 2.75) is 13.8 Å². The molecule has 0 aliphatic heterocycles. The van der Waals surface area contributed by atoms with Crippen molar-refractivity contribution < 1.29 is 18.0 Å². The zero-order chi connectivity index (χ0) is 20.0. The Morgan fingerprint density at radius 2 is 1.67 bits per heavy atom. The zero-order valence-corrected chi connectivity index (χ0v) is 16.3. The van der Waals surface area contributed by atoms with Crippen molar-refractivity contribution in [1.29, 1.82) is 0 Å². The Labute approximate surface area is 159 Å². The van der Waals surface area contributed by atoms with Gasteiger partial charge in [-0.05, 0) is 44.2 Å². The molecule has 0 aliphatic rings. The maximum Gasteiger partial charge on any atom is 0.257 e. The van der Waals surface area contributed by atoms with Gasteiger partial charge in [0.05, 0.1) is 17.5 Å². The van der Waals surface area contributed by atoms with E-state index < -0.39 is 15.9 Å². The molecule has 2 rings (SSSR count). The SMILES string of the molecule is CCN(CC)C(=O)c1cccc(NC(=O)c2ccccc2NS(C)(=O)=O)c1. The third-order valence-electron chi connectivity index (χ3n) is 3.89. The molecule has 2 amide bonds. The maximum atomic E-state index is 12.6. The summed E-state index contributed by atoms with van der Waals surface area (Å²) in [6.07, 6.45) is 1.02. The summed E-state index contributed by atoms with van der Waals surface area (Å²) < 4.78 is 25.3. The van der Waals surface area contributed by atoms with E-state index in [0.717, 1.165) is 6.26 Å². The van der Waals surface area contributed by atoms with E-state index in [2.05, 4.69) is 10.0 Å². The molecule has 8 heteroatoms. The fourth-order valence-electron chi connectivity index (χ4n) is 2.59. The van der Waals surface area contributed by atoms with Crippen molar-refractivity contribution in [3.8, 4) is 0 Å². The largest absolute Gasteiger partial charge is 0.339 e. The van der Waals surface area contributed by atoms with Gasteiger partial charge in [0.25, 0.3) is 11.8 Å². The zero-order valence-electron chi connectivity index (χ0n) is 15.5. The standard InChI is InChI=1S/C19H23N3O4S/c1-4-22(5-2)19(24)14-9-8-10-15(13-14)20-18(23)16-11-6-7-12-17(16)21-27(3,25)26/h6-13,21H,4-5H2,1-3H3,(H,20,23). The highest BCUT2D eigenvalue weighted by Gasteiger charge is 2.16. The number of rotatable bonds is 7. The molecule has 0 aromatic heterocycles. The first kappa shape index (κ1) is 20.4. The summed E-state index contributed by atoms with van der Waals surface area (Å²) in [5.74, 6) is -0.593. The second kappa shape index (κ2) is 8.68. The van der Waals surface area contributed by atoms with Gasteiger partial charge in [-0.1, -0.05) is 18.2 Å². The number of anilines is 2. The van der Waals surface area contributed by atoms with Gasteiger partial charge in [-0.15, -0.1) is 0 Å². The van der Waals surface area contributed by atoms with Crippen LogP contribution in [0.25, 0.3) is 0 Å². The molecule has 0 saturated carbocycles. The van der Waals surface area contributed by atoms with Gasteiger partial charge >= 0.3 is 0 Å². The number of hydrogen-bond acceptors (Lipinski definition) is 4. The topological polar surface area (TPSA) is 95.6 Å². The van der Waals surface area contributed by atoms with E-state index in [1.165, 1.54) is 12.1 Å². The summed E-state index contributed by atoms with van der Waals surface area (Å²) in [4.78, 5) is 26.8. The number of carbonyl (C=O) groups excluding carboxylic acids is 2. The van der Waals surface area contributed by atoms with Crippen LogP contribution in [0, 0.1) is 0 Å². The van der Waals surface area contributed by atoms with Gasteiger partial charge in [0, 0.05) is 24.3 Å². The molecule has 27 heavy (non-hydrogen) atoms. The molecule has 2 N–H and O–H groups in total. The third-order valence-corrected chi connectivity index (χ3v) is 4.48. The molecule has 0 saturated heterocycles. The molecular formula is C19H23N3O4S. The quantitative estimate of drug-likeness (QED) is 0.761. The summed E-state index contributed by atoms with van der Waals surface area (Å²) in [5.41, 5.74) is 1.29. The van der Waals surface area contributed by atoms with E-state index in [1.54, 1.807) is 41.3 Å². The van der Waals surface area contributed by atoms with E-state index in [1.807, 2.05) is 13.8 Å². The van der Waals surface area contributed by atoms with E-state index in [0.29, 0.717) is 24.3 Å². The molecule has 0 spiro atoms. The normalized spacial score (nSPS) is 10.9. The predicted octanol–water partition coefficient (Wildman–Crippen LogP) is 2.79. The molecule has 2 aromatic rings. The molecule has 0 bridgehead atoms. The van der Waals surface area contributed by atoms with Gasteiger partial charge in [-0.25, -0.2) is 8.42 Å². The molecule has 0 aliphatic carbocycles. The van der Waals surface area contributed by atoms with Gasteiger partial charge in [0.1, 0.15) is 0 Å². The predicted molar refractivity (Wildman–Crippen MR) is 107 cm³/mol. The molecule has 0 atom stereocenters. The van der Waals surface area contributed by atoms with Crippen molar-refractivity contribution in [3.63, 3.8) is 0 Å². The van der Waals surface area contributed by atoms with E-state index >= 15 is 0 Å². The summed E-state index contributed by atoms with van der Waals surface area (Å²) in [7, 11) is -3.52. The van der Waals surface area contributed by atoms with Crippen molar-refractivity contribution in [2.24, 2.45) is 0 Å². The Bertz CT molecular complexity index is 937. The Hall–Kier alpha value is -2.87. The van der Waals surface area contributed by atoms with Gasteiger partial charge < -0.3 is 10.2 Å². The first-order valence-corrected chi connectivity index (χ1v) is 10.4. The van der Waals surface area contributed by atoms with Crippen LogP contribution in [0.4, 0.5) is 11.4 Å². The van der Waals surface area contributed by atoms with E-state index in [-0.39, 0.29) is 17.2 Å². The molecule has 144 valence electrons. The molecule has 0 fully saturated rings. The fraction of sp³-hybridized carbons (Fsp3) is 0.263. The van der Waals surface area contributed by atoms with Gasteiger partial charge in [-0.2, -0.15) is 0 Å². The monoisotopic (exact) mass is 389 g/mol. The van der Waals surface area contributed by atoms with E-state index in [9.17, 15) is 18.0 Å². The van der Waals surface area contributed by atoms with Gasteiger partial charge in [-0.3, -0.25) is 14.3 Å². The molecule has 0 unspecified atom stereocenters. The highest BCUT2D eigenvalue weighted by atomic mass is 32.2. The Morgan fingerprint density at radius 1 is 1.00 bits per heavy atom. The number of sulfonamides is 1. The van der Waals surface area contributed by atoms with Crippen LogP contribution in [0.5, 0.6) is 0 Å². The summed E-state index contributed by atoms with van der Waals surface area (Å²) >= 11 is 0. The van der Waals surface area contributed by atoms with Crippen molar-refractivity contribution >= 4 is 33.2 Å². The smallest absolute Gasteiger partial charge is 0.257 e. The summed E-state index contributed by atoms with van der Waals surface area (Å²) in [6.45, 7) is 4.99. The highest BCUT2D eigenvalue weighted by molar-refractivity contribution is 7.92. The number of amides is 2. The van der Waals surface area contributed by atoms with Crippen LogP contribution in [0.15, 0.2) is 48.5 Å². The minimum absolute atomic E-state index is 0.116. The summed E-state index contributed by atoms with van der Waals surface area (Å²) in [5, 5.41) is 2.71. The lowest BCUT2D eigenvalue weighted by molar-refractivity contribution is 0.0772. The van der Waals surface area contributed by atoms with Gasteiger partial charge in [0.15, 0.2) is 0 Å². The number of carbonyl (C=O) groups is 2. The Kier molecular flexibility index (Phi) is 6.57. The molecule has 7 nitrogen and oxygen atoms in total. The highest BCUT2D eigenvalue weighted by Crippen LogP contribution is 2.19. The Morgan fingerprint density at radius 3 is 2.30 bits per heavy atom. The minimum Gasteiger partial charge on any atom is -0.339 e. The van der Waals surface area contributed by atoms with E-state index in [4.69, 9.17) is 0 Å². The average molecular weight is 389 g/mol. The second-order valence-electron chi connectivity index (χ2n) is 5.93. The van der Waals surface area contributed by atoms with Crippen molar-refractivity contribution in [2.75, 3.05) is 29.4 Å². The van der Waals surface area contributed by atoms with Crippen LogP contribution in [0.2, 0.25) is 0 Å². The number of nitrogens with one attached hydrogen (secondary N) is 2. The lowest BCUT2D eigenvalue weighted by atomic mass is 10.1.